The molecular weight excluding hydrogens is 398 g/mol. The maximum absolute atomic E-state index is 13.2. The van der Waals surface area contributed by atoms with Crippen molar-refractivity contribution in [1.29, 1.82) is 0 Å². The third-order valence-corrected chi connectivity index (χ3v) is 4.99. The van der Waals surface area contributed by atoms with E-state index in [4.69, 9.17) is 14.2 Å². The summed E-state index contributed by atoms with van der Waals surface area (Å²) < 4.78 is 17.9. The second kappa shape index (κ2) is 9.44. The summed E-state index contributed by atoms with van der Waals surface area (Å²) in [5.74, 6) is -0.759. The number of hydrogen-bond donors (Lipinski definition) is 0. The Balaban J connectivity index is 1.62. The highest BCUT2D eigenvalue weighted by Gasteiger charge is 2.32. The second-order valence-electron chi connectivity index (χ2n) is 6.96. The van der Waals surface area contributed by atoms with Crippen LogP contribution in [0.5, 0.6) is 5.75 Å². The SMILES string of the molecule is COc1cn(-c2ccccc2)nc1C(=O)O[C@@H](C(=O)N1CCOCC1)c1ccccc1. The predicted octanol–water partition coefficient (Wildman–Crippen LogP) is 2.64. The number of para-hydroxylation sites is 1. The molecule has 2 heterocycles. The Hall–Kier alpha value is -3.65. The molecule has 0 spiro atoms. The molecule has 31 heavy (non-hydrogen) atoms. The molecule has 1 aliphatic rings. The van der Waals surface area contributed by atoms with Gasteiger partial charge in [0.1, 0.15) is 0 Å². The Morgan fingerprint density at radius 1 is 1.00 bits per heavy atom. The first-order valence-electron chi connectivity index (χ1n) is 9.99. The Morgan fingerprint density at radius 2 is 1.65 bits per heavy atom. The smallest absolute Gasteiger partial charge is 0.363 e. The molecule has 2 aromatic carbocycles. The molecule has 1 aromatic heterocycles. The van der Waals surface area contributed by atoms with E-state index < -0.39 is 12.1 Å². The van der Waals surface area contributed by atoms with Crippen LogP contribution in [0.3, 0.4) is 0 Å². The zero-order chi connectivity index (χ0) is 21.6. The van der Waals surface area contributed by atoms with Crippen molar-refractivity contribution in [2.24, 2.45) is 0 Å². The number of carbonyl (C=O) groups is 2. The fraction of sp³-hybridized carbons (Fsp3) is 0.261. The van der Waals surface area contributed by atoms with Gasteiger partial charge in [0.15, 0.2) is 5.75 Å². The van der Waals surface area contributed by atoms with Crippen LogP contribution in [0.2, 0.25) is 0 Å². The third-order valence-electron chi connectivity index (χ3n) is 4.99. The lowest BCUT2D eigenvalue weighted by atomic mass is 10.1. The number of nitrogens with zero attached hydrogens (tertiary/aromatic N) is 3. The van der Waals surface area contributed by atoms with Crippen molar-refractivity contribution in [3.8, 4) is 11.4 Å². The average Bonchev–Trinajstić information content (AvgIpc) is 3.28. The maximum Gasteiger partial charge on any atom is 0.363 e. The monoisotopic (exact) mass is 421 g/mol. The molecule has 0 bridgehead atoms. The van der Waals surface area contributed by atoms with E-state index in [2.05, 4.69) is 5.10 Å². The first-order valence-corrected chi connectivity index (χ1v) is 9.99. The summed E-state index contributed by atoms with van der Waals surface area (Å²) in [6.45, 7) is 1.81. The molecule has 160 valence electrons. The van der Waals surface area contributed by atoms with Crippen LogP contribution in [0.1, 0.15) is 22.2 Å². The van der Waals surface area contributed by atoms with Crippen molar-refractivity contribution >= 4 is 11.9 Å². The molecule has 0 saturated carbocycles. The highest BCUT2D eigenvalue weighted by Crippen LogP contribution is 2.26. The van der Waals surface area contributed by atoms with E-state index in [0.717, 1.165) is 5.69 Å². The third kappa shape index (κ3) is 4.59. The van der Waals surface area contributed by atoms with Gasteiger partial charge in [-0.1, -0.05) is 48.5 Å². The Bertz CT molecular complexity index is 1030. The molecule has 3 aromatic rings. The van der Waals surface area contributed by atoms with Crippen LogP contribution in [0.15, 0.2) is 66.9 Å². The van der Waals surface area contributed by atoms with E-state index in [0.29, 0.717) is 31.9 Å². The summed E-state index contributed by atoms with van der Waals surface area (Å²) in [7, 11) is 1.46. The maximum atomic E-state index is 13.2. The molecule has 1 amide bonds. The van der Waals surface area contributed by atoms with Gasteiger partial charge in [-0.15, -0.1) is 0 Å². The predicted molar refractivity (Wildman–Crippen MR) is 112 cm³/mol. The minimum absolute atomic E-state index is 0.00191. The zero-order valence-electron chi connectivity index (χ0n) is 17.1. The van der Waals surface area contributed by atoms with E-state index in [1.165, 1.54) is 11.8 Å². The lowest BCUT2D eigenvalue weighted by Gasteiger charge is -2.30. The molecular formula is C23H23N3O5. The molecule has 1 fully saturated rings. The van der Waals surface area contributed by atoms with Crippen LogP contribution >= 0.6 is 0 Å². The first kappa shape index (κ1) is 20.6. The van der Waals surface area contributed by atoms with Crippen LogP contribution in [0.4, 0.5) is 0 Å². The minimum Gasteiger partial charge on any atom is -0.493 e. The largest absolute Gasteiger partial charge is 0.493 e. The van der Waals surface area contributed by atoms with E-state index in [-0.39, 0.29) is 17.4 Å². The van der Waals surface area contributed by atoms with Crippen LogP contribution < -0.4 is 4.74 Å². The highest BCUT2D eigenvalue weighted by atomic mass is 16.6. The molecule has 0 aliphatic carbocycles. The summed E-state index contributed by atoms with van der Waals surface area (Å²) >= 11 is 0. The van der Waals surface area contributed by atoms with Gasteiger partial charge in [0.2, 0.25) is 11.8 Å². The van der Waals surface area contributed by atoms with Crippen molar-refractivity contribution < 1.29 is 23.8 Å². The molecule has 4 rings (SSSR count). The number of methoxy groups -OCH3 is 1. The van der Waals surface area contributed by atoms with Crippen molar-refractivity contribution in [2.75, 3.05) is 33.4 Å². The second-order valence-corrected chi connectivity index (χ2v) is 6.96. The fourth-order valence-electron chi connectivity index (χ4n) is 3.36. The van der Waals surface area contributed by atoms with Crippen LogP contribution in [0, 0.1) is 0 Å². The van der Waals surface area contributed by atoms with Gasteiger partial charge in [0.25, 0.3) is 5.91 Å². The van der Waals surface area contributed by atoms with Gasteiger partial charge in [-0.2, -0.15) is 5.10 Å². The number of amides is 1. The Morgan fingerprint density at radius 3 is 2.29 bits per heavy atom. The van der Waals surface area contributed by atoms with E-state index in [9.17, 15) is 9.59 Å². The lowest BCUT2D eigenvalue weighted by Crippen LogP contribution is -2.44. The van der Waals surface area contributed by atoms with E-state index >= 15 is 0 Å². The minimum atomic E-state index is -1.08. The van der Waals surface area contributed by atoms with Gasteiger partial charge in [-0.25, -0.2) is 9.48 Å². The summed E-state index contributed by atoms with van der Waals surface area (Å²) in [6, 6.07) is 18.3. The van der Waals surface area contributed by atoms with Gasteiger partial charge in [-0.05, 0) is 12.1 Å². The molecule has 1 aliphatic heterocycles. The molecule has 0 radical (unpaired) electrons. The van der Waals surface area contributed by atoms with Crippen LogP contribution in [-0.4, -0.2) is 60.0 Å². The van der Waals surface area contributed by atoms with E-state index in [1.807, 2.05) is 36.4 Å². The topological polar surface area (TPSA) is 82.9 Å². The molecule has 1 atom stereocenters. The molecule has 0 unspecified atom stereocenters. The molecule has 8 heteroatoms. The van der Waals surface area contributed by atoms with Crippen molar-refractivity contribution in [3.63, 3.8) is 0 Å². The fourth-order valence-corrected chi connectivity index (χ4v) is 3.36. The van der Waals surface area contributed by atoms with Gasteiger partial charge >= 0.3 is 5.97 Å². The van der Waals surface area contributed by atoms with Crippen molar-refractivity contribution in [1.82, 2.24) is 14.7 Å². The number of ether oxygens (including phenoxy) is 3. The summed E-state index contributed by atoms with van der Waals surface area (Å²) in [5.41, 5.74) is 1.36. The van der Waals surface area contributed by atoms with Gasteiger partial charge < -0.3 is 19.1 Å². The number of carbonyl (C=O) groups excluding carboxylic acids is 2. The van der Waals surface area contributed by atoms with Crippen molar-refractivity contribution in [2.45, 2.75) is 6.10 Å². The standard InChI is InChI=1S/C23H23N3O5/c1-29-19-16-26(18-10-6-3-7-11-18)24-20(19)23(28)31-21(17-8-4-2-5-9-17)22(27)25-12-14-30-15-13-25/h2-11,16,21H,12-15H2,1H3/t21-/m1/s1. The normalized spacial score (nSPS) is 14.7. The number of aromatic nitrogens is 2. The number of benzene rings is 2. The number of hydrogen-bond acceptors (Lipinski definition) is 6. The number of morpholine rings is 1. The average molecular weight is 421 g/mol. The lowest BCUT2D eigenvalue weighted by molar-refractivity contribution is -0.145. The van der Waals surface area contributed by atoms with E-state index in [1.54, 1.807) is 35.4 Å². The summed E-state index contributed by atoms with van der Waals surface area (Å²) in [4.78, 5) is 27.9. The van der Waals surface area contributed by atoms with Gasteiger partial charge in [-0.3, -0.25) is 4.79 Å². The molecule has 8 nitrogen and oxygen atoms in total. The Labute approximate surface area is 179 Å². The molecule has 0 N–H and O–H groups in total. The van der Waals surface area contributed by atoms with Crippen LogP contribution in [0.25, 0.3) is 5.69 Å². The van der Waals surface area contributed by atoms with Gasteiger partial charge in [0.05, 0.1) is 32.2 Å². The Kier molecular flexibility index (Phi) is 6.28. The zero-order valence-corrected chi connectivity index (χ0v) is 17.1. The first-order chi connectivity index (χ1) is 15.2. The quantitative estimate of drug-likeness (QED) is 0.569. The number of esters is 1. The summed E-state index contributed by atoms with van der Waals surface area (Å²) in [5, 5.41) is 4.34. The highest BCUT2D eigenvalue weighted by molar-refractivity contribution is 5.93. The van der Waals surface area contributed by atoms with Crippen molar-refractivity contribution in [3.05, 3.63) is 78.1 Å². The van der Waals surface area contributed by atoms with Gasteiger partial charge in [0, 0.05) is 18.7 Å². The van der Waals surface area contributed by atoms with Crippen LogP contribution in [-0.2, 0) is 14.3 Å². The number of rotatable bonds is 6. The summed E-state index contributed by atoms with van der Waals surface area (Å²) in [6.07, 6.45) is 0.520. The molecule has 1 saturated heterocycles.